The highest BCUT2D eigenvalue weighted by atomic mass is 32.2. The third-order valence-electron chi connectivity index (χ3n) is 3.26. The maximum absolute atomic E-state index is 12.0. The molecule has 1 aliphatic heterocycles. The number of aromatic amines is 1. The van der Waals surface area contributed by atoms with E-state index >= 15 is 0 Å². The topological polar surface area (TPSA) is 127 Å². The van der Waals surface area contributed by atoms with Gasteiger partial charge in [-0.1, -0.05) is 0 Å². The number of nitrogens with one attached hydrogen (secondary N) is 3. The normalized spacial score (nSPS) is 17.0. The Morgan fingerprint density at radius 2 is 2.14 bits per heavy atom. The van der Waals surface area contributed by atoms with E-state index in [1.54, 1.807) is 0 Å². The lowest BCUT2D eigenvalue weighted by Crippen LogP contribution is -2.44. The number of sulfonamides is 1. The quantitative estimate of drug-likeness (QED) is 0.459. The lowest BCUT2D eigenvalue weighted by atomic mass is 10.3. The van der Waals surface area contributed by atoms with Crippen molar-refractivity contribution >= 4 is 16.0 Å². The summed E-state index contributed by atoms with van der Waals surface area (Å²) in [6.07, 6.45) is 1.65. The van der Waals surface area contributed by atoms with Crippen molar-refractivity contribution in [3.8, 4) is 0 Å². The number of carboxylic acid groups (broad SMARTS) is 1. The summed E-state index contributed by atoms with van der Waals surface area (Å²) in [5, 5.41) is 17.4. The number of hydrogen-bond donors (Lipinski definition) is 4. The van der Waals surface area contributed by atoms with Crippen LogP contribution in [0.2, 0.25) is 0 Å². The summed E-state index contributed by atoms with van der Waals surface area (Å²) in [5.41, 5.74) is -0.357. The predicted molar refractivity (Wildman–Crippen MR) is 74.7 cm³/mol. The minimum Gasteiger partial charge on any atom is -0.478 e. The first-order chi connectivity index (χ1) is 10.0. The number of rotatable bonds is 7. The molecule has 1 fully saturated rings. The van der Waals surface area contributed by atoms with E-state index < -0.39 is 21.0 Å². The van der Waals surface area contributed by atoms with Crippen molar-refractivity contribution in [2.45, 2.75) is 11.4 Å². The van der Waals surface area contributed by atoms with Crippen molar-refractivity contribution in [1.82, 2.24) is 25.1 Å². The van der Waals surface area contributed by atoms with Crippen LogP contribution in [0.5, 0.6) is 0 Å². The molecule has 0 aromatic carbocycles. The van der Waals surface area contributed by atoms with Crippen LogP contribution in [0.15, 0.2) is 11.2 Å². The molecule has 0 atom stereocenters. The van der Waals surface area contributed by atoms with Crippen LogP contribution in [-0.4, -0.2) is 73.9 Å². The van der Waals surface area contributed by atoms with Gasteiger partial charge in [0.25, 0.3) is 10.0 Å². The second-order valence-electron chi connectivity index (χ2n) is 4.76. The van der Waals surface area contributed by atoms with Crippen molar-refractivity contribution in [2.75, 3.05) is 39.3 Å². The molecule has 118 valence electrons. The SMILES string of the molecule is O=C(O)c1cn[nH]c1S(=O)(=O)NCCCN1CCNCC1. The number of aromatic nitrogens is 2. The Morgan fingerprint density at radius 1 is 1.43 bits per heavy atom. The summed E-state index contributed by atoms with van der Waals surface area (Å²) in [4.78, 5) is 13.2. The molecule has 4 N–H and O–H groups in total. The van der Waals surface area contributed by atoms with Crippen molar-refractivity contribution in [2.24, 2.45) is 0 Å². The molecular formula is C11H19N5O4S. The maximum Gasteiger partial charge on any atom is 0.340 e. The van der Waals surface area contributed by atoms with Gasteiger partial charge < -0.3 is 15.3 Å². The molecule has 0 bridgehead atoms. The zero-order chi connectivity index (χ0) is 15.3. The molecule has 0 spiro atoms. The van der Waals surface area contributed by atoms with Gasteiger partial charge in [-0.05, 0) is 13.0 Å². The lowest BCUT2D eigenvalue weighted by Gasteiger charge is -2.26. The predicted octanol–water partition coefficient (Wildman–Crippen LogP) is -1.32. The molecule has 0 amide bonds. The molecule has 1 aromatic rings. The Morgan fingerprint density at radius 3 is 2.81 bits per heavy atom. The van der Waals surface area contributed by atoms with E-state index in [-0.39, 0.29) is 12.1 Å². The van der Waals surface area contributed by atoms with Gasteiger partial charge in [0, 0.05) is 32.7 Å². The fourth-order valence-corrected chi connectivity index (χ4v) is 3.31. The van der Waals surface area contributed by atoms with Crippen LogP contribution >= 0.6 is 0 Å². The molecule has 1 saturated heterocycles. The van der Waals surface area contributed by atoms with E-state index in [0.717, 1.165) is 38.9 Å². The monoisotopic (exact) mass is 317 g/mol. The lowest BCUT2D eigenvalue weighted by molar-refractivity contribution is 0.0692. The number of H-pyrrole nitrogens is 1. The number of hydrogen-bond acceptors (Lipinski definition) is 6. The minimum atomic E-state index is -3.88. The largest absolute Gasteiger partial charge is 0.478 e. The smallest absolute Gasteiger partial charge is 0.340 e. The molecule has 10 heteroatoms. The Balaban J connectivity index is 1.83. The molecule has 0 saturated carbocycles. The van der Waals surface area contributed by atoms with Crippen molar-refractivity contribution in [1.29, 1.82) is 0 Å². The average molecular weight is 317 g/mol. The van der Waals surface area contributed by atoms with Crippen LogP contribution in [-0.2, 0) is 10.0 Å². The zero-order valence-corrected chi connectivity index (χ0v) is 12.3. The first-order valence-corrected chi connectivity index (χ1v) is 8.18. The molecule has 0 radical (unpaired) electrons. The number of carboxylic acids is 1. The van der Waals surface area contributed by atoms with Crippen LogP contribution in [0, 0.1) is 0 Å². The summed E-state index contributed by atoms with van der Waals surface area (Å²) >= 11 is 0. The molecule has 1 aromatic heterocycles. The summed E-state index contributed by atoms with van der Waals surface area (Å²) < 4.78 is 26.4. The third kappa shape index (κ3) is 4.24. The van der Waals surface area contributed by atoms with Crippen LogP contribution < -0.4 is 10.0 Å². The summed E-state index contributed by atoms with van der Waals surface area (Å²) in [6.45, 7) is 4.86. The Bertz CT molecular complexity index is 579. The van der Waals surface area contributed by atoms with E-state index in [4.69, 9.17) is 5.11 Å². The molecule has 2 heterocycles. The number of carbonyl (C=O) groups is 1. The summed E-state index contributed by atoms with van der Waals surface area (Å²) in [7, 11) is -3.88. The van der Waals surface area contributed by atoms with Gasteiger partial charge in [0.1, 0.15) is 5.56 Å². The molecular weight excluding hydrogens is 298 g/mol. The van der Waals surface area contributed by atoms with Gasteiger partial charge in [-0.15, -0.1) is 0 Å². The standard InChI is InChI=1S/C11H19N5O4S/c17-11(18)9-8-13-15-10(9)21(19,20)14-2-1-5-16-6-3-12-4-7-16/h8,12,14H,1-7H2,(H,13,15)(H,17,18). The maximum atomic E-state index is 12.0. The Labute approximate surface area is 122 Å². The molecule has 0 aliphatic carbocycles. The van der Waals surface area contributed by atoms with Crippen molar-refractivity contribution < 1.29 is 18.3 Å². The summed E-state index contributed by atoms with van der Waals surface area (Å²) in [6, 6.07) is 0. The highest BCUT2D eigenvalue weighted by Crippen LogP contribution is 2.11. The molecule has 2 rings (SSSR count). The van der Waals surface area contributed by atoms with Gasteiger partial charge in [0.05, 0.1) is 6.20 Å². The third-order valence-corrected chi connectivity index (χ3v) is 4.69. The fourth-order valence-electron chi connectivity index (χ4n) is 2.15. The minimum absolute atomic E-state index is 0.254. The Kier molecular flexibility index (Phi) is 5.28. The van der Waals surface area contributed by atoms with Gasteiger partial charge in [0.15, 0.2) is 5.03 Å². The van der Waals surface area contributed by atoms with E-state index in [1.807, 2.05) is 0 Å². The van der Waals surface area contributed by atoms with Crippen molar-refractivity contribution in [3.05, 3.63) is 11.8 Å². The first-order valence-electron chi connectivity index (χ1n) is 6.70. The summed E-state index contributed by atoms with van der Waals surface area (Å²) in [5.74, 6) is -1.33. The van der Waals surface area contributed by atoms with Gasteiger partial charge in [0.2, 0.25) is 0 Å². The molecule has 9 nitrogen and oxygen atoms in total. The average Bonchev–Trinajstić information content (AvgIpc) is 2.95. The van der Waals surface area contributed by atoms with Gasteiger partial charge in [-0.25, -0.2) is 17.9 Å². The molecule has 1 aliphatic rings. The van der Waals surface area contributed by atoms with E-state index in [1.165, 1.54) is 0 Å². The molecule has 0 unspecified atom stereocenters. The zero-order valence-electron chi connectivity index (χ0n) is 11.5. The van der Waals surface area contributed by atoms with E-state index in [0.29, 0.717) is 6.42 Å². The van der Waals surface area contributed by atoms with Crippen LogP contribution in [0.3, 0.4) is 0 Å². The van der Waals surface area contributed by atoms with Gasteiger partial charge in [-0.3, -0.25) is 5.10 Å². The fraction of sp³-hybridized carbons (Fsp3) is 0.636. The van der Waals surface area contributed by atoms with E-state index in [9.17, 15) is 13.2 Å². The second kappa shape index (κ2) is 6.98. The van der Waals surface area contributed by atoms with Crippen LogP contribution in [0.1, 0.15) is 16.8 Å². The highest BCUT2D eigenvalue weighted by Gasteiger charge is 2.24. The Hall–Kier alpha value is -1.49. The number of aromatic carboxylic acids is 1. The second-order valence-corrected chi connectivity index (χ2v) is 6.46. The highest BCUT2D eigenvalue weighted by molar-refractivity contribution is 7.89. The van der Waals surface area contributed by atoms with E-state index in [2.05, 4.69) is 25.1 Å². The van der Waals surface area contributed by atoms with Crippen LogP contribution in [0.25, 0.3) is 0 Å². The molecule has 21 heavy (non-hydrogen) atoms. The first kappa shape index (κ1) is 15.9. The van der Waals surface area contributed by atoms with Gasteiger partial charge in [-0.2, -0.15) is 5.10 Å². The van der Waals surface area contributed by atoms with Gasteiger partial charge >= 0.3 is 5.97 Å². The van der Waals surface area contributed by atoms with Crippen LogP contribution in [0.4, 0.5) is 0 Å². The number of nitrogens with zero attached hydrogens (tertiary/aromatic N) is 2. The van der Waals surface area contributed by atoms with Crippen molar-refractivity contribution in [3.63, 3.8) is 0 Å². The number of piperazine rings is 1.